The first-order valence-corrected chi connectivity index (χ1v) is 24.0. The van der Waals surface area contributed by atoms with E-state index in [1.807, 2.05) is 157 Å². The molecule has 18 heteroatoms. The van der Waals surface area contributed by atoms with E-state index in [2.05, 4.69) is 63.6 Å². The normalized spacial score (nSPS) is 10.4. The lowest BCUT2D eigenvalue weighted by Crippen LogP contribution is -2.25. The molecule has 6 aromatic carbocycles. The van der Waals surface area contributed by atoms with Crippen LogP contribution < -0.4 is 46.8 Å². The number of halogens is 2. The molecule has 0 aliphatic carbocycles. The zero-order valence-electron chi connectivity index (χ0n) is 39.8. The zero-order chi connectivity index (χ0) is 52.0. The Balaban J connectivity index is 0.000000191. The molecule has 16 nitrogen and oxygen atoms in total. The van der Waals surface area contributed by atoms with Crippen LogP contribution in [-0.2, 0) is 14.1 Å². The van der Waals surface area contributed by atoms with Crippen molar-refractivity contribution in [2.45, 2.75) is 0 Å². The van der Waals surface area contributed by atoms with Crippen LogP contribution in [0, 0.1) is 10.1 Å². The van der Waals surface area contributed by atoms with E-state index >= 15 is 0 Å². The first-order valence-electron chi connectivity index (χ1n) is 22.8. The Morgan fingerprint density at radius 2 is 0.824 bits per heavy atom. The molecular weight excluding hydrogens is 976 g/mol. The SMILES string of the molecule is C[n+]1ccc(Nc2ccc(NC(=O)c3ccc(Nc4ccnc5cc(N)ccc45)cc3)cc2)cc1.C[n+]1ccc(Nc2ccc(NC(=O)c3ccc(Nc4ccnc5cc([N+](=O)[O-])ccc45)cc3)cc2)cc1.ClCl. The molecule has 0 fully saturated rings. The zero-order valence-corrected chi connectivity index (χ0v) is 41.3. The molecule has 4 aromatic heterocycles. The fourth-order valence-electron chi connectivity index (χ4n) is 7.54. The van der Waals surface area contributed by atoms with Gasteiger partial charge in [-0.15, -0.1) is 0 Å². The van der Waals surface area contributed by atoms with Crippen molar-refractivity contribution in [1.29, 1.82) is 0 Å². The summed E-state index contributed by atoms with van der Waals surface area (Å²) >= 11 is 0. The Morgan fingerprint density at radius 3 is 1.24 bits per heavy atom. The number of nitrogen functional groups attached to an aromatic ring is 1. The van der Waals surface area contributed by atoms with Crippen molar-refractivity contribution in [3.8, 4) is 0 Å². The highest BCUT2D eigenvalue weighted by Gasteiger charge is 2.12. The Morgan fingerprint density at radius 1 is 0.473 bits per heavy atom. The molecule has 0 radical (unpaired) electrons. The number of amides is 2. The Kier molecular flexibility index (Phi) is 16.4. The molecule has 4 heterocycles. The number of fused-ring (bicyclic) bond motifs is 2. The lowest BCUT2D eigenvalue weighted by atomic mass is 10.1. The van der Waals surface area contributed by atoms with Gasteiger partial charge in [0.1, 0.15) is 14.1 Å². The van der Waals surface area contributed by atoms with Crippen LogP contribution in [0.5, 0.6) is 0 Å². The first kappa shape index (κ1) is 50.7. The lowest BCUT2D eigenvalue weighted by molar-refractivity contribution is -0.671. The molecule has 0 saturated heterocycles. The van der Waals surface area contributed by atoms with E-state index in [0.29, 0.717) is 28.0 Å². The number of hydrogen-bond acceptors (Lipinski definition) is 11. The predicted molar refractivity (Wildman–Crippen MR) is 296 cm³/mol. The number of pyridine rings is 4. The Bertz CT molecular complexity index is 3550. The number of aromatic nitrogens is 4. The molecule has 0 saturated carbocycles. The number of nitrogens with zero attached hydrogens (tertiary/aromatic N) is 5. The molecule has 74 heavy (non-hydrogen) atoms. The molecule has 2 amide bonds. The molecule has 0 aliphatic rings. The van der Waals surface area contributed by atoms with Gasteiger partial charge in [-0.2, -0.15) is 0 Å². The summed E-state index contributed by atoms with van der Waals surface area (Å²) in [5, 5.41) is 32.0. The number of carbonyl (C=O) groups excluding carboxylic acids is 2. The van der Waals surface area contributed by atoms with Crippen LogP contribution in [0.2, 0.25) is 0 Å². The molecule has 8 N–H and O–H groups in total. The average Bonchev–Trinajstić information content (AvgIpc) is 3.42. The number of nitro benzene ring substituents is 1. The average molecular weight is 1020 g/mol. The van der Waals surface area contributed by atoms with Gasteiger partial charge >= 0.3 is 0 Å². The van der Waals surface area contributed by atoms with Gasteiger partial charge in [-0.1, -0.05) is 0 Å². The van der Waals surface area contributed by atoms with Crippen LogP contribution in [0.1, 0.15) is 20.7 Å². The third-order valence-corrected chi connectivity index (χ3v) is 11.4. The fourth-order valence-corrected chi connectivity index (χ4v) is 7.54. The third kappa shape index (κ3) is 13.4. The molecule has 10 rings (SSSR count). The summed E-state index contributed by atoms with van der Waals surface area (Å²) in [5.74, 6) is -0.387. The van der Waals surface area contributed by atoms with Crippen LogP contribution >= 0.6 is 21.7 Å². The van der Waals surface area contributed by atoms with Gasteiger partial charge in [0.25, 0.3) is 17.5 Å². The van der Waals surface area contributed by atoms with Gasteiger partial charge in [0, 0.05) is 144 Å². The van der Waals surface area contributed by atoms with Crippen LogP contribution in [-0.4, -0.2) is 26.7 Å². The van der Waals surface area contributed by atoms with Crippen LogP contribution in [0.3, 0.4) is 0 Å². The minimum Gasteiger partial charge on any atom is -0.399 e. The van der Waals surface area contributed by atoms with Crippen LogP contribution in [0.4, 0.5) is 68.2 Å². The summed E-state index contributed by atoms with van der Waals surface area (Å²) in [6.07, 6.45) is 11.2. The van der Waals surface area contributed by atoms with Gasteiger partial charge in [0.05, 0.1) is 27.3 Å². The largest absolute Gasteiger partial charge is 0.399 e. The fraction of sp³-hybridized carbons (Fsp3) is 0.0357. The Hall–Kier alpha value is -9.64. The van der Waals surface area contributed by atoms with Crippen molar-refractivity contribution in [3.05, 3.63) is 228 Å². The number of anilines is 11. The van der Waals surface area contributed by atoms with E-state index in [-0.39, 0.29) is 17.5 Å². The second-order valence-corrected chi connectivity index (χ2v) is 16.7. The monoisotopic (exact) mass is 1020 g/mol. The highest BCUT2D eigenvalue weighted by molar-refractivity contribution is 6.85. The smallest absolute Gasteiger partial charge is 0.271 e. The van der Waals surface area contributed by atoms with Crippen molar-refractivity contribution >= 4 is 124 Å². The van der Waals surface area contributed by atoms with Crippen LogP contribution in [0.25, 0.3) is 21.8 Å². The highest BCUT2D eigenvalue weighted by atomic mass is 36.5. The van der Waals surface area contributed by atoms with E-state index in [4.69, 9.17) is 5.73 Å². The number of rotatable bonds is 13. The van der Waals surface area contributed by atoms with E-state index in [1.165, 1.54) is 12.1 Å². The number of nitrogens with two attached hydrogens (primary N) is 1. The highest BCUT2D eigenvalue weighted by Crippen LogP contribution is 2.30. The number of benzene rings is 6. The van der Waals surface area contributed by atoms with Gasteiger partial charge in [0.2, 0.25) is 0 Å². The quantitative estimate of drug-likeness (QED) is 0.0250. The molecule has 0 atom stereocenters. The van der Waals surface area contributed by atoms with E-state index in [9.17, 15) is 19.7 Å². The Labute approximate surface area is 435 Å². The van der Waals surface area contributed by atoms with Gasteiger partial charge < -0.3 is 37.6 Å². The second kappa shape index (κ2) is 24.0. The topological polar surface area (TPSA) is 209 Å². The summed E-state index contributed by atoms with van der Waals surface area (Å²) < 4.78 is 3.94. The molecule has 0 bridgehead atoms. The predicted octanol–water partition coefficient (Wildman–Crippen LogP) is 12.5. The molecule has 0 spiro atoms. The van der Waals surface area contributed by atoms with Gasteiger partial charge in [0.15, 0.2) is 24.8 Å². The summed E-state index contributed by atoms with van der Waals surface area (Å²) in [6, 6.07) is 51.4. The van der Waals surface area contributed by atoms with Gasteiger partial charge in [-0.25, -0.2) is 9.13 Å². The second-order valence-electron chi connectivity index (χ2n) is 16.7. The maximum atomic E-state index is 12.7. The van der Waals surface area contributed by atoms with Crippen molar-refractivity contribution in [3.63, 3.8) is 0 Å². The van der Waals surface area contributed by atoms with Gasteiger partial charge in [-0.3, -0.25) is 29.7 Å². The van der Waals surface area contributed by atoms with E-state index in [1.54, 1.807) is 60.9 Å². The summed E-state index contributed by atoms with van der Waals surface area (Å²) in [5.41, 5.74) is 17.5. The standard InChI is InChI=1S/C28H22N6O3.C28H24N6O.Cl2/c1-33-16-13-23(14-17-33)30-20-6-8-22(9-7-20)32-28(35)19-2-4-21(5-3-19)31-26-12-15-29-27-18-24(34(36)37)10-11-25(26)27;1-34-16-13-24(14-17-34)31-21-7-9-23(10-8-21)33-28(35)19-2-5-22(6-3-19)32-26-12-15-30-27-18-20(29)4-11-25(26)27;1-2/h2-18H,1H3,(H2,29,31,32,35);2-18H,1H3,(H4,29,30,32,33,35);/p+2. The van der Waals surface area contributed by atoms with E-state index in [0.717, 1.165) is 67.5 Å². The minimum absolute atomic E-state index is 0.0103. The van der Waals surface area contributed by atoms with Crippen molar-refractivity contribution in [1.82, 2.24) is 9.97 Å². The maximum absolute atomic E-state index is 12.7. The van der Waals surface area contributed by atoms with Crippen molar-refractivity contribution in [2.24, 2.45) is 14.1 Å². The summed E-state index contributed by atoms with van der Waals surface area (Å²) in [4.78, 5) is 44.7. The molecule has 368 valence electrons. The van der Waals surface area contributed by atoms with Crippen molar-refractivity contribution in [2.75, 3.05) is 37.6 Å². The van der Waals surface area contributed by atoms with Crippen LogP contribution in [0.15, 0.2) is 207 Å². The number of nitrogens with one attached hydrogen (secondary N) is 6. The molecule has 10 aromatic rings. The molecule has 0 unspecified atom stereocenters. The maximum Gasteiger partial charge on any atom is 0.271 e. The molecular formula is C56H48Cl2N12O4+2. The number of non-ortho nitro benzene ring substituents is 1. The number of nitro groups is 1. The van der Waals surface area contributed by atoms with Gasteiger partial charge in [-0.05, 0) is 133 Å². The molecule has 0 aliphatic heterocycles. The first-order chi connectivity index (χ1) is 36.0. The summed E-state index contributed by atoms with van der Waals surface area (Å²) in [6.45, 7) is 0. The third-order valence-electron chi connectivity index (χ3n) is 11.4. The summed E-state index contributed by atoms with van der Waals surface area (Å²) in [7, 11) is 12.2. The van der Waals surface area contributed by atoms with E-state index < -0.39 is 4.92 Å². The number of hydrogen-bond donors (Lipinski definition) is 7. The minimum atomic E-state index is -0.443. The van der Waals surface area contributed by atoms with Crippen molar-refractivity contribution < 1.29 is 23.6 Å². The number of aryl methyl sites for hydroxylation is 2. The lowest BCUT2D eigenvalue weighted by Gasteiger charge is -2.11. The number of carbonyl (C=O) groups is 2.